The van der Waals surface area contributed by atoms with E-state index in [2.05, 4.69) is 15.9 Å². The van der Waals surface area contributed by atoms with Crippen molar-refractivity contribution in [3.63, 3.8) is 0 Å². The fourth-order valence-electron chi connectivity index (χ4n) is 1.74. The predicted molar refractivity (Wildman–Crippen MR) is 64.4 cm³/mol. The van der Waals surface area contributed by atoms with Crippen LogP contribution in [0.4, 0.5) is 0 Å². The van der Waals surface area contributed by atoms with Crippen LogP contribution in [0.15, 0.2) is 24.3 Å². The van der Waals surface area contributed by atoms with Gasteiger partial charge in [-0.3, -0.25) is 9.59 Å². The Kier molecular flexibility index (Phi) is 3.91. The standard InChI is InChI=1S/C11H14BrNO3/c1-11(13(2)9(14)7-12)6-4-3-5-8(11)10(15)16/h3-6,8H,7H2,1-2H3,(H,15,16). The molecule has 2 atom stereocenters. The van der Waals surface area contributed by atoms with Crippen LogP contribution in [0.2, 0.25) is 0 Å². The van der Waals surface area contributed by atoms with E-state index in [1.165, 1.54) is 4.90 Å². The summed E-state index contributed by atoms with van der Waals surface area (Å²) in [6, 6.07) is 0. The van der Waals surface area contributed by atoms with E-state index in [4.69, 9.17) is 5.11 Å². The van der Waals surface area contributed by atoms with E-state index in [1.807, 2.05) is 0 Å². The summed E-state index contributed by atoms with van der Waals surface area (Å²) in [5.74, 6) is -1.79. The van der Waals surface area contributed by atoms with Gasteiger partial charge in [-0.25, -0.2) is 0 Å². The van der Waals surface area contributed by atoms with Crippen LogP contribution in [0, 0.1) is 5.92 Å². The Morgan fingerprint density at radius 2 is 2.12 bits per heavy atom. The molecule has 2 unspecified atom stereocenters. The largest absolute Gasteiger partial charge is 0.481 e. The van der Waals surface area contributed by atoms with E-state index in [9.17, 15) is 9.59 Å². The van der Waals surface area contributed by atoms with Crippen LogP contribution in [-0.4, -0.2) is 39.8 Å². The maximum Gasteiger partial charge on any atom is 0.313 e. The Hall–Kier alpha value is -1.10. The van der Waals surface area contributed by atoms with E-state index in [1.54, 1.807) is 38.3 Å². The van der Waals surface area contributed by atoms with Gasteiger partial charge in [-0.1, -0.05) is 40.2 Å². The lowest BCUT2D eigenvalue weighted by Crippen LogP contribution is -2.53. The van der Waals surface area contributed by atoms with Gasteiger partial charge >= 0.3 is 5.97 Å². The molecule has 0 saturated heterocycles. The molecule has 1 aliphatic carbocycles. The third-order valence-corrected chi connectivity index (χ3v) is 3.43. The van der Waals surface area contributed by atoms with Crippen LogP contribution in [0.3, 0.4) is 0 Å². The second-order valence-electron chi connectivity index (χ2n) is 3.87. The van der Waals surface area contributed by atoms with Crippen molar-refractivity contribution in [2.75, 3.05) is 12.4 Å². The second-order valence-corrected chi connectivity index (χ2v) is 4.43. The minimum absolute atomic E-state index is 0.145. The summed E-state index contributed by atoms with van der Waals surface area (Å²) in [6.07, 6.45) is 6.79. The zero-order chi connectivity index (χ0) is 12.3. The van der Waals surface area contributed by atoms with E-state index in [0.717, 1.165) is 0 Å². The van der Waals surface area contributed by atoms with Crippen molar-refractivity contribution >= 4 is 27.8 Å². The summed E-state index contributed by atoms with van der Waals surface area (Å²) >= 11 is 3.08. The molecule has 1 rings (SSSR count). The molecular formula is C11H14BrNO3. The number of hydrogen-bond donors (Lipinski definition) is 1. The number of likely N-dealkylation sites (N-methyl/N-ethyl adjacent to an activating group) is 1. The summed E-state index contributed by atoms with van der Waals surface area (Å²) in [7, 11) is 1.61. The van der Waals surface area contributed by atoms with Gasteiger partial charge in [-0.15, -0.1) is 0 Å². The van der Waals surface area contributed by atoms with Gasteiger partial charge in [0.2, 0.25) is 5.91 Å². The second kappa shape index (κ2) is 4.82. The number of allylic oxidation sites excluding steroid dienone is 2. The van der Waals surface area contributed by atoms with Crippen molar-refractivity contribution in [3.8, 4) is 0 Å². The topological polar surface area (TPSA) is 57.6 Å². The van der Waals surface area contributed by atoms with Crippen LogP contribution in [0.1, 0.15) is 6.92 Å². The van der Waals surface area contributed by atoms with E-state index in [0.29, 0.717) is 0 Å². The van der Waals surface area contributed by atoms with Crippen molar-refractivity contribution in [1.29, 1.82) is 0 Å². The van der Waals surface area contributed by atoms with Crippen LogP contribution in [0.25, 0.3) is 0 Å². The molecule has 0 aromatic heterocycles. The summed E-state index contributed by atoms with van der Waals surface area (Å²) in [4.78, 5) is 24.2. The van der Waals surface area contributed by atoms with E-state index in [-0.39, 0.29) is 11.2 Å². The Morgan fingerprint density at radius 1 is 1.50 bits per heavy atom. The van der Waals surface area contributed by atoms with Gasteiger partial charge < -0.3 is 10.0 Å². The molecule has 0 saturated carbocycles. The summed E-state index contributed by atoms with van der Waals surface area (Å²) < 4.78 is 0. The first kappa shape index (κ1) is 13.0. The number of halogens is 1. The van der Waals surface area contributed by atoms with Gasteiger partial charge in [0, 0.05) is 7.05 Å². The lowest BCUT2D eigenvalue weighted by Gasteiger charge is -2.40. The van der Waals surface area contributed by atoms with Crippen LogP contribution < -0.4 is 0 Å². The number of alkyl halides is 1. The van der Waals surface area contributed by atoms with Crippen molar-refractivity contribution in [3.05, 3.63) is 24.3 Å². The number of carbonyl (C=O) groups is 2. The monoisotopic (exact) mass is 287 g/mol. The Labute approximate surface area is 103 Å². The molecular weight excluding hydrogens is 274 g/mol. The Morgan fingerprint density at radius 3 is 2.62 bits per heavy atom. The Balaban J connectivity index is 3.05. The molecule has 1 aliphatic rings. The molecule has 0 bridgehead atoms. The van der Waals surface area contributed by atoms with Crippen molar-refractivity contribution in [1.82, 2.24) is 4.90 Å². The molecule has 1 amide bonds. The van der Waals surface area contributed by atoms with Gasteiger partial charge in [0.1, 0.15) is 5.92 Å². The Bertz CT molecular complexity index is 364. The molecule has 1 N–H and O–H groups in total. The molecule has 0 fully saturated rings. The number of nitrogens with zero attached hydrogens (tertiary/aromatic N) is 1. The normalized spacial score (nSPS) is 27.8. The maximum absolute atomic E-state index is 11.6. The highest BCUT2D eigenvalue weighted by Crippen LogP contribution is 2.30. The van der Waals surface area contributed by atoms with E-state index < -0.39 is 17.4 Å². The number of carbonyl (C=O) groups excluding carboxylic acids is 1. The number of aliphatic carboxylic acids is 1. The lowest BCUT2D eigenvalue weighted by atomic mass is 9.81. The third kappa shape index (κ3) is 2.19. The number of amides is 1. The van der Waals surface area contributed by atoms with Crippen molar-refractivity contribution in [2.24, 2.45) is 5.92 Å². The zero-order valence-corrected chi connectivity index (χ0v) is 10.8. The first-order chi connectivity index (χ1) is 7.43. The number of rotatable bonds is 3. The zero-order valence-electron chi connectivity index (χ0n) is 9.18. The first-order valence-corrected chi connectivity index (χ1v) is 5.97. The fraction of sp³-hybridized carbons (Fsp3) is 0.455. The summed E-state index contributed by atoms with van der Waals surface area (Å²) in [5.41, 5.74) is -0.814. The molecule has 0 aromatic rings. The molecule has 16 heavy (non-hydrogen) atoms. The van der Waals surface area contributed by atoms with Crippen molar-refractivity contribution in [2.45, 2.75) is 12.5 Å². The highest BCUT2D eigenvalue weighted by molar-refractivity contribution is 9.09. The van der Waals surface area contributed by atoms with Crippen LogP contribution in [-0.2, 0) is 9.59 Å². The molecule has 0 heterocycles. The van der Waals surface area contributed by atoms with Gasteiger partial charge in [0.15, 0.2) is 0 Å². The van der Waals surface area contributed by atoms with Crippen LogP contribution >= 0.6 is 15.9 Å². The van der Waals surface area contributed by atoms with Crippen LogP contribution in [0.5, 0.6) is 0 Å². The number of hydrogen-bond acceptors (Lipinski definition) is 2. The first-order valence-electron chi connectivity index (χ1n) is 4.85. The molecule has 0 spiro atoms. The highest BCUT2D eigenvalue weighted by atomic mass is 79.9. The van der Waals surface area contributed by atoms with Gasteiger partial charge in [0.25, 0.3) is 0 Å². The molecule has 0 radical (unpaired) electrons. The van der Waals surface area contributed by atoms with E-state index >= 15 is 0 Å². The van der Waals surface area contributed by atoms with Gasteiger partial charge in [-0.05, 0) is 6.92 Å². The van der Waals surface area contributed by atoms with Crippen molar-refractivity contribution < 1.29 is 14.7 Å². The van der Waals surface area contributed by atoms with Gasteiger partial charge in [-0.2, -0.15) is 0 Å². The van der Waals surface area contributed by atoms with Gasteiger partial charge in [0.05, 0.1) is 10.9 Å². The molecule has 5 heteroatoms. The molecule has 88 valence electrons. The molecule has 4 nitrogen and oxygen atoms in total. The lowest BCUT2D eigenvalue weighted by molar-refractivity contribution is -0.145. The predicted octanol–water partition coefficient (Wildman–Crippen LogP) is 1.43. The quantitative estimate of drug-likeness (QED) is 0.799. The third-order valence-electron chi connectivity index (χ3n) is 2.96. The average molecular weight is 288 g/mol. The maximum atomic E-state index is 11.6. The molecule has 0 aromatic carbocycles. The molecule has 0 aliphatic heterocycles. The minimum Gasteiger partial charge on any atom is -0.481 e. The average Bonchev–Trinajstić information content (AvgIpc) is 2.27. The highest BCUT2D eigenvalue weighted by Gasteiger charge is 2.41. The summed E-state index contributed by atoms with van der Waals surface area (Å²) in [6.45, 7) is 1.74. The smallest absolute Gasteiger partial charge is 0.313 e. The number of carboxylic acid groups (broad SMARTS) is 1. The SMILES string of the molecule is CN(C(=O)CBr)C1(C)C=CC=CC1C(=O)O. The summed E-state index contributed by atoms with van der Waals surface area (Å²) in [5, 5.41) is 9.33. The minimum atomic E-state index is -0.933. The number of carboxylic acids is 1. The fourth-order valence-corrected chi connectivity index (χ4v) is 2.11.